The molecule has 0 aromatic heterocycles. The summed E-state index contributed by atoms with van der Waals surface area (Å²) in [6.45, 7) is 0. The Labute approximate surface area is 208 Å². The summed E-state index contributed by atoms with van der Waals surface area (Å²) in [5.74, 6) is 0. The topological polar surface area (TPSA) is 0 Å². The molecule has 0 bridgehead atoms. The molecule has 0 saturated carbocycles. The quantitative estimate of drug-likeness (QED) is 0.219. The highest BCUT2D eigenvalue weighted by Gasteiger charge is 1.99. The van der Waals surface area contributed by atoms with E-state index in [0.29, 0.717) is 0 Å². The number of hydrogen-bond donors (Lipinski definition) is 0. The Morgan fingerprint density at radius 1 is 0.139 bits per heavy atom. The monoisotopic (exact) mass is 456 g/mol. The number of benzene rings is 6. The molecule has 6 aromatic carbocycles. The van der Waals surface area contributed by atoms with Gasteiger partial charge in [-0.15, -0.1) is 0 Å². The molecule has 0 spiro atoms. The van der Waals surface area contributed by atoms with E-state index in [2.05, 4.69) is 146 Å². The minimum Gasteiger partial charge on any atom is -0.0616 e. The predicted molar refractivity (Wildman–Crippen MR) is 145 cm³/mol. The van der Waals surface area contributed by atoms with Crippen LogP contribution in [0.5, 0.6) is 0 Å². The Morgan fingerprint density at radius 2 is 0.222 bits per heavy atom. The van der Waals surface area contributed by atoms with Crippen molar-refractivity contribution in [1.29, 1.82) is 0 Å². The molecule has 0 unspecified atom stereocenters. The molecule has 1 aliphatic rings. The second-order valence-corrected chi connectivity index (χ2v) is 9.27. The Morgan fingerprint density at radius 3 is 0.306 bits per heavy atom. The van der Waals surface area contributed by atoms with E-state index in [1.165, 1.54) is 62.6 Å². The van der Waals surface area contributed by atoms with Crippen LogP contribution in [0.3, 0.4) is 0 Å². The summed E-state index contributed by atoms with van der Waals surface area (Å²) in [5, 5.41) is 15.0. The Bertz CT molecular complexity index is 1700. The van der Waals surface area contributed by atoms with Crippen LogP contribution in [0.25, 0.3) is 0 Å². The van der Waals surface area contributed by atoms with Crippen molar-refractivity contribution in [3.8, 4) is 0 Å². The van der Waals surface area contributed by atoms with Gasteiger partial charge in [0.2, 0.25) is 0 Å². The van der Waals surface area contributed by atoms with Gasteiger partial charge in [0, 0.05) is 0 Å². The first-order valence-corrected chi connectivity index (χ1v) is 12.5. The number of fused-ring (bicyclic) bond motifs is 6. The molecule has 0 nitrogen and oxygen atoms in total. The second-order valence-electron chi connectivity index (χ2n) is 9.27. The van der Waals surface area contributed by atoms with Gasteiger partial charge in [-0.05, 0) is 62.6 Å². The Kier molecular flexibility index (Phi) is 4.89. The first kappa shape index (κ1) is 20.7. The van der Waals surface area contributed by atoms with Crippen molar-refractivity contribution in [2.24, 2.45) is 0 Å². The molecule has 168 valence electrons. The van der Waals surface area contributed by atoms with Crippen molar-refractivity contribution in [1.82, 2.24) is 0 Å². The molecule has 0 saturated heterocycles. The third-order valence-electron chi connectivity index (χ3n) is 7.30. The van der Waals surface area contributed by atoms with Crippen LogP contribution in [0, 0.1) is 62.6 Å². The third-order valence-corrected chi connectivity index (χ3v) is 7.30. The highest BCUT2D eigenvalue weighted by molar-refractivity contribution is 5.30. The summed E-state index contributed by atoms with van der Waals surface area (Å²) in [6, 6.07) is 53.0. The van der Waals surface area contributed by atoms with E-state index in [1.54, 1.807) is 0 Å². The van der Waals surface area contributed by atoms with Gasteiger partial charge in [0.15, 0.2) is 0 Å². The molecule has 0 atom stereocenters. The number of rotatable bonds is 0. The minimum atomic E-state index is 1.25. The lowest BCUT2D eigenvalue weighted by molar-refractivity contribution is 1.29. The average Bonchev–Trinajstić information content (AvgIpc) is 2.97. The van der Waals surface area contributed by atoms with Gasteiger partial charge in [-0.2, -0.15) is 0 Å². The summed E-state index contributed by atoms with van der Waals surface area (Å²) in [6.07, 6.45) is 0. The highest BCUT2D eigenvalue weighted by atomic mass is 14.0. The van der Waals surface area contributed by atoms with E-state index in [9.17, 15) is 0 Å². The van der Waals surface area contributed by atoms with Crippen LogP contribution < -0.4 is 0 Å². The first-order chi connectivity index (χ1) is 17.9. The molecule has 36 heavy (non-hydrogen) atoms. The molecule has 0 N–H and O–H groups in total. The first-order valence-electron chi connectivity index (χ1n) is 12.5. The molecule has 0 amide bonds. The van der Waals surface area contributed by atoms with Crippen molar-refractivity contribution in [3.05, 3.63) is 208 Å². The van der Waals surface area contributed by atoms with E-state index in [0.717, 1.165) is 0 Å². The van der Waals surface area contributed by atoms with Crippen molar-refractivity contribution < 1.29 is 0 Å². The van der Waals surface area contributed by atoms with Crippen LogP contribution in [0.1, 0.15) is 0 Å². The molecular formula is C36H24. The van der Waals surface area contributed by atoms with E-state index in [1.807, 2.05) is 0 Å². The van der Waals surface area contributed by atoms with Gasteiger partial charge in [0.25, 0.3) is 0 Å². The molecule has 6 aromatic rings. The van der Waals surface area contributed by atoms with Crippen molar-refractivity contribution in [2.75, 3.05) is 0 Å². The summed E-state index contributed by atoms with van der Waals surface area (Å²) in [4.78, 5) is 0. The SMILES string of the molecule is c1ccc2/c(c1)=c1/cccc/c1=c1\cccc\c1=c1/cccc/c1=c1\cccc\c1=c1/cccc/c1=2. The van der Waals surface area contributed by atoms with E-state index >= 15 is 0 Å². The van der Waals surface area contributed by atoms with Gasteiger partial charge in [0.05, 0.1) is 0 Å². The van der Waals surface area contributed by atoms with Crippen molar-refractivity contribution in [3.63, 3.8) is 0 Å². The van der Waals surface area contributed by atoms with Gasteiger partial charge in [-0.1, -0.05) is 146 Å². The van der Waals surface area contributed by atoms with Gasteiger partial charge in [-0.3, -0.25) is 0 Å². The molecule has 0 heteroatoms. The zero-order valence-electron chi connectivity index (χ0n) is 19.9. The zero-order valence-corrected chi connectivity index (χ0v) is 19.9. The maximum Gasteiger partial charge on any atom is -0.00990 e. The van der Waals surface area contributed by atoms with Gasteiger partial charge in [0.1, 0.15) is 0 Å². The predicted octanol–water partition coefficient (Wildman–Crippen LogP) is 7.72. The molecule has 0 radical (unpaired) electrons. The van der Waals surface area contributed by atoms with Crippen LogP contribution >= 0.6 is 0 Å². The average molecular weight is 457 g/mol. The Balaban J connectivity index is 2.17. The third kappa shape index (κ3) is 3.23. The fourth-order valence-electron chi connectivity index (χ4n) is 5.72. The summed E-state index contributed by atoms with van der Waals surface area (Å²) in [7, 11) is 0. The molecule has 0 heterocycles. The molecule has 0 fully saturated rings. The van der Waals surface area contributed by atoms with Crippen LogP contribution in [-0.2, 0) is 0 Å². The minimum absolute atomic E-state index is 1.25. The van der Waals surface area contributed by atoms with Gasteiger partial charge >= 0.3 is 0 Å². The molecule has 7 rings (SSSR count). The Hall–Kier alpha value is -4.68. The standard InChI is InChI=1S/C36H24/c1-2-14-26-25(13-1)27-15-3-4-17-29(27)31-19-7-8-21-33(31)35-23-11-12-24-36(35)34-22-10-9-20-32(34)30-18-6-5-16-28(26)30/h1-24H/b27-25-,28-26-,31-29-,32-30-,35-33-,36-34-. The zero-order chi connectivity index (χ0) is 23.9. The smallest absolute Gasteiger partial charge is 0.00990 e. The highest BCUT2D eigenvalue weighted by Crippen LogP contribution is 2.13. The van der Waals surface area contributed by atoms with Crippen molar-refractivity contribution >= 4 is 0 Å². The maximum absolute atomic E-state index is 2.26. The number of hydrogen-bond acceptors (Lipinski definition) is 0. The van der Waals surface area contributed by atoms with Crippen molar-refractivity contribution in [2.45, 2.75) is 0 Å². The van der Waals surface area contributed by atoms with E-state index < -0.39 is 0 Å². The lowest BCUT2D eigenvalue weighted by atomic mass is 10.0. The van der Waals surface area contributed by atoms with E-state index in [-0.39, 0.29) is 0 Å². The van der Waals surface area contributed by atoms with Gasteiger partial charge in [-0.25, -0.2) is 0 Å². The molecule has 1 aliphatic carbocycles. The normalized spacial score (nSPS) is 17.3. The molecule has 0 aliphatic heterocycles. The fourth-order valence-corrected chi connectivity index (χ4v) is 5.72. The maximum atomic E-state index is 2.26. The van der Waals surface area contributed by atoms with Crippen LogP contribution in [0.4, 0.5) is 0 Å². The molecular weight excluding hydrogens is 432 g/mol. The largest absolute Gasteiger partial charge is 0.0616 e. The van der Waals surface area contributed by atoms with Crippen LogP contribution in [0.15, 0.2) is 146 Å². The van der Waals surface area contributed by atoms with E-state index in [4.69, 9.17) is 0 Å². The lowest BCUT2D eigenvalue weighted by Crippen LogP contribution is -1.88. The van der Waals surface area contributed by atoms with Crippen LogP contribution in [0.2, 0.25) is 0 Å². The summed E-state index contributed by atoms with van der Waals surface area (Å²) >= 11 is 0. The van der Waals surface area contributed by atoms with Gasteiger partial charge < -0.3 is 0 Å². The lowest BCUT2D eigenvalue weighted by Gasteiger charge is -2.02. The van der Waals surface area contributed by atoms with Crippen LogP contribution in [-0.4, -0.2) is 0 Å². The summed E-state index contributed by atoms with van der Waals surface area (Å²) < 4.78 is 0. The fraction of sp³-hybridized carbons (Fsp3) is 0. The second kappa shape index (κ2) is 8.52. The summed E-state index contributed by atoms with van der Waals surface area (Å²) in [5.41, 5.74) is 0.